The van der Waals surface area contributed by atoms with Crippen LogP contribution < -0.4 is 26.0 Å². The molecule has 15 nitrogen and oxygen atoms in total. The van der Waals surface area contributed by atoms with E-state index < -0.39 is 34.9 Å². The van der Waals surface area contributed by atoms with Crippen molar-refractivity contribution in [2.75, 3.05) is 23.9 Å². The quantitative estimate of drug-likeness (QED) is 0.0817. The van der Waals surface area contributed by atoms with E-state index in [1.807, 2.05) is 10.6 Å². The van der Waals surface area contributed by atoms with Gasteiger partial charge in [0.2, 0.25) is 11.5 Å². The number of nitrogens with zero attached hydrogens (tertiary/aromatic N) is 7. The number of aliphatic carboxylic acids is 1. The zero-order chi connectivity index (χ0) is 25.6. The van der Waals surface area contributed by atoms with Gasteiger partial charge < -0.3 is 31.5 Å². The maximum absolute atomic E-state index is 12.9. The second-order valence-corrected chi connectivity index (χ2v) is 9.59. The Labute approximate surface area is 210 Å². The Morgan fingerprint density at radius 1 is 1.42 bits per heavy atom. The minimum atomic E-state index is -1.49. The zero-order valence-electron chi connectivity index (χ0n) is 18.5. The molecule has 0 spiro atoms. The van der Waals surface area contributed by atoms with Crippen LogP contribution in [0.2, 0.25) is 0 Å². The summed E-state index contributed by atoms with van der Waals surface area (Å²) in [6.45, 7) is 0.194. The van der Waals surface area contributed by atoms with Crippen molar-refractivity contribution >= 4 is 63.4 Å². The standard InChI is InChI=1S/C19H18N10O5S2/c1-21-9-2-3-10-27(4-5-28(10)24-9)6-8-7-35-17-12(16(31)29(17)13(8)18(32)33)22-15(30)11(25-34)14-23-19(20)36-26-14/h2-5,12,17H,6-7H2,1H3,(H5-,20,21,22,23,24,26,30,32,33,34)/t12-,17-/m1/s1. The molecule has 2 aliphatic heterocycles. The Kier molecular flexibility index (Phi) is 5.92. The first-order chi connectivity index (χ1) is 17.3. The molecule has 17 heteroatoms. The Hall–Kier alpha value is -4.25. The number of imidazole rings is 1. The fraction of sp³-hybridized carbons (Fsp3) is 0.263. The van der Waals surface area contributed by atoms with Gasteiger partial charge in [-0.1, -0.05) is 14.8 Å². The summed E-state index contributed by atoms with van der Waals surface area (Å²) in [5.41, 5.74) is 5.96. The highest BCUT2D eigenvalue weighted by Gasteiger charge is 2.53. The van der Waals surface area contributed by atoms with Crippen LogP contribution in [-0.2, 0) is 20.9 Å². The Morgan fingerprint density at radius 3 is 2.89 bits per heavy atom. The van der Waals surface area contributed by atoms with Crippen LogP contribution in [0.1, 0.15) is 5.82 Å². The number of amides is 2. The number of nitrogen functional groups attached to an aromatic ring is 1. The number of anilines is 2. The van der Waals surface area contributed by atoms with Crippen molar-refractivity contribution in [1.82, 2.24) is 29.2 Å². The summed E-state index contributed by atoms with van der Waals surface area (Å²) in [5.74, 6) is -2.27. The summed E-state index contributed by atoms with van der Waals surface area (Å²) >= 11 is 2.10. The van der Waals surface area contributed by atoms with E-state index in [1.165, 1.54) is 11.8 Å². The lowest BCUT2D eigenvalue weighted by atomic mass is 10.0. The predicted molar refractivity (Wildman–Crippen MR) is 125 cm³/mol. The second kappa shape index (κ2) is 9.08. The third kappa shape index (κ3) is 3.87. The van der Waals surface area contributed by atoms with Crippen molar-refractivity contribution in [3.8, 4) is 0 Å². The van der Waals surface area contributed by atoms with Crippen molar-refractivity contribution in [1.29, 1.82) is 0 Å². The van der Waals surface area contributed by atoms with Crippen molar-refractivity contribution in [3.05, 3.63) is 41.6 Å². The zero-order valence-corrected chi connectivity index (χ0v) is 20.1. The number of rotatable bonds is 7. The molecule has 0 bridgehead atoms. The second-order valence-electron chi connectivity index (χ2n) is 7.70. The SMILES string of the molecule is CNc1ccc2n(cc[n+]2CC2=C(C(=O)[O-])N3C(=O)[C@@H](NC(=O)/C(=N\O)c4nsc(N)n4)[C@H]3SC2)n1. The third-order valence-electron chi connectivity index (χ3n) is 5.64. The van der Waals surface area contributed by atoms with E-state index in [1.54, 1.807) is 30.0 Å². The normalized spacial score (nSPS) is 19.8. The number of carboxylic acid groups (broad SMARTS) is 1. The highest BCUT2D eigenvalue weighted by Crippen LogP contribution is 2.40. The summed E-state index contributed by atoms with van der Waals surface area (Å²) in [5, 5.41) is 33.4. The number of hydrogen-bond donors (Lipinski definition) is 4. The van der Waals surface area contributed by atoms with E-state index in [9.17, 15) is 24.7 Å². The monoisotopic (exact) mass is 530 g/mol. The molecule has 1 fully saturated rings. The number of oxime groups is 1. The van der Waals surface area contributed by atoms with Gasteiger partial charge in [0.05, 0.1) is 11.7 Å². The first kappa shape index (κ1) is 23.5. The molecule has 2 aliphatic rings. The molecule has 5 N–H and O–H groups in total. The Balaban J connectivity index is 1.36. The molecule has 0 unspecified atom stereocenters. The van der Waals surface area contributed by atoms with Gasteiger partial charge in [-0.2, -0.15) is 9.36 Å². The minimum Gasteiger partial charge on any atom is -0.543 e. The van der Waals surface area contributed by atoms with Crippen molar-refractivity contribution < 1.29 is 29.3 Å². The Bertz CT molecular complexity index is 1460. The van der Waals surface area contributed by atoms with E-state index in [2.05, 4.69) is 30.2 Å². The van der Waals surface area contributed by atoms with E-state index in [-0.39, 0.29) is 29.0 Å². The van der Waals surface area contributed by atoms with Crippen molar-refractivity contribution in [2.24, 2.45) is 5.16 Å². The van der Waals surface area contributed by atoms with Crippen molar-refractivity contribution in [3.63, 3.8) is 0 Å². The van der Waals surface area contributed by atoms with Crippen molar-refractivity contribution in [2.45, 2.75) is 18.0 Å². The first-order valence-corrected chi connectivity index (χ1v) is 12.2. The van der Waals surface area contributed by atoms with Gasteiger partial charge in [0.1, 0.15) is 24.2 Å². The van der Waals surface area contributed by atoms with Gasteiger partial charge in [0, 0.05) is 36.0 Å². The molecule has 0 aliphatic carbocycles. The van der Waals surface area contributed by atoms with Gasteiger partial charge in [0.25, 0.3) is 11.8 Å². The van der Waals surface area contributed by atoms with E-state index in [4.69, 9.17) is 5.73 Å². The molecule has 2 amide bonds. The maximum Gasteiger partial charge on any atom is 0.307 e. The average Bonchev–Trinajstić information content (AvgIpc) is 3.48. The smallest absolute Gasteiger partial charge is 0.307 e. The molecule has 3 aromatic heterocycles. The van der Waals surface area contributed by atoms with E-state index in [0.717, 1.165) is 22.1 Å². The van der Waals surface area contributed by atoms with E-state index in [0.29, 0.717) is 11.4 Å². The maximum atomic E-state index is 12.9. The molecule has 0 aromatic carbocycles. The topological polar surface area (TPSA) is 207 Å². The van der Waals surface area contributed by atoms with Gasteiger partial charge in [-0.05, 0) is 6.07 Å². The van der Waals surface area contributed by atoms with E-state index >= 15 is 0 Å². The van der Waals surface area contributed by atoms with Crippen LogP contribution in [0.3, 0.4) is 0 Å². The average molecular weight is 531 g/mol. The molecule has 2 atom stereocenters. The summed E-state index contributed by atoms with van der Waals surface area (Å²) in [6.07, 6.45) is 3.49. The van der Waals surface area contributed by atoms with Crippen LogP contribution in [0.15, 0.2) is 41.0 Å². The summed E-state index contributed by atoms with van der Waals surface area (Å²) < 4.78 is 7.28. The lowest BCUT2D eigenvalue weighted by molar-refractivity contribution is -0.662. The van der Waals surface area contributed by atoms with Crippen LogP contribution in [0, 0.1) is 0 Å². The molecule has 0 radical (unpaired) electrons. The number of hydrogen-bond acceptors (Lipinski definition) is 13. The highest BCUT2D eigenvalue weighted by molar-refractivity contribution is 8.00. The molecular formula is C19H18N10O5S2. The molecule has 5 rings (SSSR count). The van der Waals surface area contributed by atoms with Crippen LogP contribution in [0.25, 0.3) is 5.65 Å². The number of β-lactam (4-membered cyclic amide) rings is 1. The molecule has 36 heavy (non-hydrogen) atoms. The number of fused-ring (bicyclic) bond motifs is 2. The summed E-state index contributed by atoms with van der Waals surface area (Å²) in [6, 6.07) is 2.58. The summed E-state index contributed by atoms with van der Waals surface area (Å²) in [7, 11) is 1.75. The lowest BCUT2D eigenvalue weighted by Gasteiger charge is -2.50. The third-order valence-corrected chi connectivity index (χ3v) is 7.52. The molecular weight excluding hydrogens is 512 g/mol. The molecule has 1 saturated heterocycles. The summed E-state index contributed by atoms with van der Waals surface area (Å²) in [4.78, 5) is 42.5. The van der Waals surface area contributed by atoms with Crippen LogP contribution in [0.4, 0.5) is 10.9 Å². The van der Waals surface area contributed by atoms with Gasteiger partial charge in [-0.25, -0.2) is 4.57 Å². The predicted octanol–water partition coefficient (Wildman–Crippen LogP) is -2.62. The number of nitrogens with one attached hydrogen (secondary N) is 2. The fourth-order valence-corrected chi connectivity index (χ4v) is 5.76. The highest BCUT2D eigenvalue weighted by atomic mass is 32.2. The van der Waals surface area contributed by atoms with Crippen LogP contribution in [-0.4, -0.2) is 76.8 Å². The number of carbonyl (C=O) groups is 3. The van der Waals surface area contributed by atoms with Crippen LogP contribution in [0.5, 0.6) is 0 Å². The number of nitrogens with two attached hydrogens (primary N) is 1. The fourth-order valence-electron chi connectivity index (χ4n) is 3.99. The molecule has 3 aromatic rings. The molecule has 5 heterocycles. The van der Waals surface area contributed by atoms with Gasteiger partial charge in [-0.15, -0.1) is 11.8 Å². The molecule has 0 saturated carbocycles. The first-order valence-electron chi connectivity index (χ1n) is 10.4. The minimum absolute atomic E-state index is 0.0658. The number of thioether (sulfide) groups is 1. The lowest BCUT2D eigenvalue weighted by Crippen LogP contribution is -2.71. The Morgan fingerprint density at radius 2 is 2.22 bits per heavy atom. The van der Waals surface area contributed by atoms with Crippen LogP contribution >= 0.6 is 23.3 Å². The van der Waals surface area contributed by atoms with Gasteiger partial charge >= 0.3 is 5.65 Å². The number of aromatic nitrogens is 5. The molecule has 186 valence electrons. The largest absolute Gasteiger partial charge is 0.543 e. The number of carbonyl (C=O) groups excluding carboxylic acids is 3. The van der Waals surface area contributed by atoms with Gasteiger partial charge in [0.15, 0.2) is 17.1 Å². The number of carboxylic acids is 1. The van der Waals surface area contributed by atoms with Gasteiger partial charge in [-0.3, -0.25) is 14.5 Å².